The zero-order chi connectivity index (χ0) is 30.2. The van der Waals surface area contributed by atoms with Crippen molar-refractivity contribution < 1.29 is 9.59 Å². The van der Waals surface area contributed by atoms with Crippen molar-refractivity contribution in [2.24, 2.45) is 5.84 Å². The summed E-state index contributed by atoms with van der Waals surface area (Å²) in [6.07, 6.45) is 16.3. The lowest BCUT2D eigenvalue weighted by Gasteiger charge is -2.37. The molecule has 1 aliphatic heterocycles. The fourth-order valence-corrected chi connectivity index (χ4v) is 4.63. The van der Waals surface area contributed by atoms with E-state index in [9.17, 15) is 9.59 Å². The second-order valence-corrected chi connectivity index (χ2v) is 9.04. The van der Waals surface area contributed by atoms with Crippen LogP contribution in [0.25, 0.3) is 16.7 Å². The van der Waals surface area contributed by atoms with Crippen LogP contribution in [0.1, 0.15) is 68.4 Å². The number of benzene rings is 3. The first-order chi connectivity index (χ1) is 20.0. The standard InChI is InChI=1S/C32H29N3O2.2C2H6/c1-3-25(26-13-15-27(16-14-26)28-17-19-29(20-18-28)31(36)4-2)23-35(33)32(37)34-21-9-8-12-30(34)22-24-10-6-5-7-11-24;2*1-2/h1-2,5-7,10-11,13-20,23,30H,8-9,12,21-22,33H2;2*1-2H3/b25-23+;;. The highest BCUT2D eigenvalue weighted by molar-refractivity contribution is 6.08. The van der Waals surface area contributed by atoms with E-state index in [-0.39, 0.29) is 17.9 Å². The average molecular weight is 548 g/mol. The van der Waals surface area contributed by atoms with Crippen molar-refractivity contribution in [2.45, 2.75) is 59.4 Å². The third-order valence-corrected chi connectivity index (χ3v) is 6.64. The number of carbonyl (C=O) groups is 2. The Hall–Kier alpha value is -4.58. The lowest BCUT2D eigenvalue weighted by molar-refractivity contribution is 0.105. The van der Waals surface area contributed by atoms with Gasteiger partial charge in [-0.1, -0.05) is 100 Å². The van der Waals surface area contributed by atoms with Gasteiger partial charge in [-0.15, -0.1) is 12.8 Å². The van der Waals surface area contributed by atoms with E-state index in [1.54, 1.807) is 12.1 Å². The number of hydrogen-bond acceptors (Lipinski definition) is 3. The number of allylic oxidation sites excluding steroid dienone is 1. The quantitative estimate of drug-likeness (QED) is 0.0863. The largest absolute Gasteiger partial charge is 0.338 e. The highest BCUT2D eigenvalue weighted by Gasteiger charge is 2.29. The Morgan fingerprint density at radius 3 is 1.95 bits per heavy atom. The smallest absolute Gasteiger partial charge is 0.320 e. The first-order valence-corrected chi connectivity index (χ1v) is 14.3. The third kappa shape index (κ3) is 8.97. The fraction of sp³-hybridized carbons (Fsp3) is 0.278. The van der Waals surface area contributed by atoms with Crippen LogP contribution in [0.15, 0.2) is 85.1 Å². The summed E-state index contributed by atoms with van der Waals surface area (Å²) >= 11 is 0. The number of nitrogens with zero attached hydrogens (tertiary/aromatic N) is 2. The Kier molecular flexibility index (Phi) is 13.7. The van der Waals surface area contributed by atoms with Gasteiger partial charge in [-0.3, -0.25) is 4.79 Å². The molecule has 1 fully saturated rings. The molecule has 3 aromatic rings. The van der Waals surface area contributed by atoms with Crippen LogP contribution in [0.5, 0.6) is 0 Å². The number of hydrogen-bond donors (Lipinski definition) is 1. The summed E-state index contributed by atoms with van der Waals surface area (Å²) in [4.78, 5) is 26.8. The number of urea groups is 1. The summed E-state index contributed by atoms with van der Waals surface area (Å²) in [7, 11) is 0. The Morgan fingerprint density at radius 2 is 1.41 bits per heavy atom. The molecule has 1 aliphatic rings. The van der Waals surface area contributed by atoms with Crippen molar-refractivity contribution >= 4 is 17.4 Å². The van der Waals surface area contributed by atoms with E-state index in [0.29, 0.717) is 17.7 Å². The van der Waals surface area contributed by atoms with Gasteiger partial charge in [0.15, 0.2) is 0 Å². The summed E-state index contributed by atoms with van der Waals surface area (Å²) in [5.74, 6) is 10.6. The topological polar surface area (TPSA) is 66.6 Å². The predicted molar refractivity (Wildman–Crippen MR) is 170 cm³/mol. The fourth-order valence-electron chi connectivity index (χ4n) is 4.63. The van der Waals surface area contributed by atoms with Crippen LogP contribution < -0.4 is 5.84 Å². The zero-order valence-electron chi connectivity index (χ0n) is 24.6. The maximum absolute atomic E-state index is 13.3. The lowest BCUT2D eigenvalue weighted by atomic mass is 9.96. The van der Waals surface area contributed by atoms with Crippen LogP contribution in [0.2, 0.25) is 0 Å². The molecule has 0 spiro atoms. The minimum absolute atomic E-state index is 0.0963. The second kappa shape index (κ2) is 17.2. The van der Waals surface area contributed by atoms with Crippen molar-refractivity contribution in [3.05, 3.63) is 102 Å². The molecule has 0 radical (unpaired) electrons. The van der Waals surface area contributed by atoms with Gasteiger partial charge in [-0.25, -0.2) is 15.6 Å². The van der Waals surface area contributed by atoms with E-state index in [0.717, 1.165) is 47.4 Å². The third-order valence-electron chi connectivity index (χ3n) is 6.64. The molecule has 0 saturated carbocycles. The molecule has 0 aliphatic carbocycles. The Bertz CT molecular complexity index is 1360. The Labute approximate surface area is 246 Å². The van der Waals surface area contributed by atoms with Gasteiger partial charge < -0.3 is 4.90 Å². The first kappa shape index (κ1) is 32.6. The van der Waals surface area contributed by atoms with Gasteiger partial charge in [0.1, 0.15) is 0 Å². The zero-order valence-corrected chi connectivity index (χ0v) is 24.6. The molecule has 4 rings (SSSR count). The summed E-state index contributed by atoms with van der Waals surface area (Å²) in [5.41, 5.74) is 4.86. The molecule has 1 unspecified atom stereocenters. The summed E-state index contributed by atoms with van der Waals surface area (Å²) in [5, 5.41) is 1.10. The first-order valence-electron chi connectivity index (χ1n) is 14.3. The highest BCUT2D eigenvalue weighted by atomic mass is 16.2. The van der Waals surface area contributed by atoms with Gasteiger partial charge in [-0.05, 0) is 66.0 Å². The van der Waals surface area contributed by atoms with Gasteiger partial charge in [-0.2, -0.15) is 0 Å². The minimum atomic E-state index is -0.345. The van der Waals surface area contributed by atoms with Crippen molar-refractivity contribution in [3.63, 3.8) is 0 Å². The second-order valence-electron chi connectivity index (χ2n) is 9.04. The van der Waals surface area contributed by atoms with Crippen LogP contribution in [0.3, 0.4) is 0 Å². The van der Waals surface area contributed by atoms with E-state index < -0.39 is 0 Å². The van der Waals surface area contributed by atoms with Crippen LogP contribution >= 0.6 is 0 Å². The number of hydrazine groups is 1. The van der Waals surface area contributed by atoms with Gasteiger partial charge >= 0.3 is 6.03 Å². The molecule has 0 bridgehead atoms. The van der Waals surface area contributed by atoms with Crippen molar-refractivity contribution in [1.82, 2.24) is 9.91 Å². The van der Waals surface area contributed by atoms with Crippen LogP contribution in [0, 0.1) is 24.7 Å². The Morgan fingerprint density at radius 1 is 0.854 bits per heavy atom. The maximum Gasteiger partial charge on any atom is 0.338 e. The molecule has 41 heavy (non-hydrogen) atoms. The van der Waals surface area contributed by atoms with Crippen molar-refractivity contribution in [3.8, 4) is 35.8 Å². The van der Waals surface area contributed by atoms with Gasteiger partial charge in [0.2, 0.25) is 5.78 Å². The van der Waals surface area contributed by atoms with Crippen molar-refractivity contribution in [1.29, 1.82) is 0 Å². The minimum Gasteiger partial charge on any atom is -0.320 e. The Balaban J connectivity index is 0.00000141. The molecular weight excluding hydrogens is 506 g/mol. The number of ketones is 1. The van der Waals surface area contributed by atoms with E-state index >= 15 is 0 Å². The SMILES string of the molecule is C#CC(=O)c1ccc(-c2ccc(/C(C#C)=C/N(N)C(=O)N3CCCCC3Cc3ccccc3)cc2)cc1.CC.CC. The molecule has 2 amide bonds. The van der Waals surface area contributed by atoms with Crippen molar-refractivity contribution in [2.75, 3.05) is 6.54 Å². The molecule has 3 aromatic carbocycles. The van der Waals surface area contributed by atoms with Crippen LogP contribution in [0.4, 0.5) is 4.79 Å². The molecule has 1 atom stereocenters. The number of terminal acetylenes is 2. The van der Waals surface area contributed by atoms with E-state index in [4.69, 9.17) is 18.7 Å². The summed E-state index contributed by atoms with van der Waals surface area (Å²) in [6, 6.07) is 24.8. The molecule has 1 heterocycles. The highest BCUT2D eigenvalue weighted by Crippen LogP contribution is 2.25. The van der Waals surface area contributed by atoms with Gasteiger partial charge in [0, 0.05) is 29.9 Å². The monoisotopic (exact) mass is 547 g/mol. The molecule has 5 nitrogen and oxygen atoms in total. The van der Waals surface area contributed by atoms with Gasteiger partial charge in [0.25, 0.3) is 0 Å². The average Bonchev–Trinajstić information content (AvgIpc) is 3.05. The normalized spacial score (nSPS) is 14.2. The molecule has 1 saturated heterocycles. The number of likely N-dealkylation sites (tertiary alicyclic amines) is 1. The number of Topliss-reactive ketones (excluding diaryl/α,β-unsaturated/α-hetero) is 1. The predicted octanol–water partition coefficient (Wildman–Crippen LogP) is 7.59. The molecule has 212 valence electrons. The lowest BCUT2D eigenvalue weighted by Crippen LogP contribution is -2.51. The van der Waals surface area contributed by atoms with Gasteiger partial charge in [0.05, 0.1) is 0 Å². The number of rotatable bonds is 6. The number of nitrogens with two attached hydrogens (primary N) is 1. The van der Waals surface area contributed by atoms with Crippen LogP contribution in [-0.4, -0.2) is 34.3 Å². The number of carbonyl (C=O) groups excluding carboxylic acids is 2. The van der Waals surface area contributed by atoms with Crippen LogP contribution in [-0.2, 0) is 6.42 Å². The van der Waals surface area contributed by atoms with E-state index in [1.807, 2.05) is 87.2 Å². The molecule has 0 aromatic heterocycles. The summed E-state index contributed by atoms with van der Waals surface area (Å²) in [6.45, 7) is 8.67. The molecule has 5 heteroatoms. The summed E-state index contributed by atoms with van der Waals surface area (Å²) < 4.78 is 0. The maximum atomic E-state index is 13.3. The number of amides is 2. The molecule has 2 N–H and O–H groups in total. The van der Waals surface area contributed by atoms with E-state index in [2.05, 4.69) is 24.0 Å². The van der Waals surface area contributed by atoms with E-state index in [1.165, 1.54) is 11.8 Å². The number of piperidine rings is 1. The molecular formula is C36H41N3O2.